The van der Waals surface area contributed by atoms with E-state index >= 15 is 0 Å². The van der Waals surface area contributed by atoms with Gasteiger partial charge in [-0.1, -0.05) is 6.07 Å². The third-order valence-electron chi connectivity index (χ3n) is 4.91. The van der Waals surface area contributed by atoms with Gasteiger partial charge in [-0.3, -0.25) is 0 Å². The van der Waals surface area contributed by atoms with E-state index in [4.69, 9.17) is 9.72 Å². The van der Waals surface area contributed by atoms with Gasteiger partial charge < -0.3 is 19.9 Å². The predicted octanol–water partition coefficient (Wildman–Crippen LogP) is 2.10. The maximum atomic E-state index is 5.41. The molecule has 2 aromatic heterocycles. The summed E-state index contributed by atoms with van der Waals surface area (Å²) in [6.45, 7) is 7.20. The molecule has 0 saturated carbocycles. The lowest BCUT2D eigenvalue weighted by Crippen LogP contribution is -2.43. The average Bonchev–Trinajstić information content (AvgIpc) is 2.69. The number of aryl methyl sites for hydroxylation is 1. The van der Waals surface area contributed by atoms with Crippen LogP contribution in [0.4, 0.5) is 17.6 Å². The Labute approximate surface area is 154 Å². The number of piperidine rings is 1. The fourth-order valence-corrected chi connectivity index (χ4v) is 3.56. The van der Waals surface area contributed by atoms with Crippen molar-refractivity contribution in [3.05, 3.63) is 36.2 Å². The number of nitrogens with one attached hydrogen (secondary N) is 1. The van der Waals surface area contributed by atoms with E-state index in [1.165, 1.54) is 0 Å². The summed E-state index contributed by atoms with van der Waals surface area (Å²) in [6, 6.07) is 8.52. The normalized spacial score (nSPS) is 20.9. The Morgan fingerprint density at radius 3 is 2.81 bits per heavy atom. The molecule has 2 aliphatic rings. The van der Waals surface area contributed by atoms with Crippen molar-refractivity contribution in [2.24, 2.45) is 0 Å². The van der Waals surface area contributed by atoms with Gasteiger partial charge in [-0.05, 0) is 38.0 Å². The SMILES string of the molecule is Cc1cccc(N2CCCC(Nc3ccnc(N4CCOCC4)n3)C2)n1. The molecule has 0 aliphatic carbocycles. The van der Waals surface area contributed by atoms with Crippen LogP contribution in [-0.4, -0.2) is 60.4 Å². The first-order valence-electron chi connectivity index (χ1n) is 9.39. The third-order valence-corrected chi connectivity index (χ3v) is 4.91. The number of pyridine rings is 1. The molecule has 0 spiro atoms. The van der Waals surface area contributed by atoms with Gasteiger partial charge in [0.2, 0.25) is 5.95 Å². The van der Waals surface area contributed by atoms with Crippen molar-refractivity contribution in [3.63, 3.8) is 0 Å². The van der Waals surface area contributed by atoms with Crippen LogP contribution < -0.4 is 15.1 Å². The fourth-order valence-electron chi connectivity index (χ4n) is 3.56. The van der Waals surface area contributed by atoms with Crippen LogP contribution in [0.5, 0.6) is 0 Å². The lowest BCUT2D eigenvalue weighted by Gasteiger charge is -2.34. The second-order valence-corrected chi connectivity index (χ2v) is 6.91. The lowest BCUT2D eigenvalue weighted by atomic mass is 10.1. The molecule has 0 radical (unpaired) electrons. The molecule has 26 heavy (non-hydrogen) atoms. The Morgan fingerprint density at radius 2 is 1.96 bits per heavy atom. The minimum Gasteiger partial charge on any atom is -0.378 e. The summed E-state index contributed by atoms with van der Waals surface area (Å²) in [6.07, 6.45) is 4.12. The standard InChI is InChI=1S/C19H26N6O/c1-15-4-2-6-18(21-15)25-9-3-5-16(14-25)22-17-7-8-20-19(23-17)24-10-12-26-13-11-24/h2,4,6-8,16H,3,5,9-14H2,1H3,(H,20,22,23). The number of morpholine rings is 1. The van der Waals surface area contributed by atoms with Crippen molar-refractivity contribution < 1.29 is 4.74 Å². The van der Waals surface area contributed by atoms with E-state index in [2.05, 4.69) is 37.2 Å². The molecule has 2 aliphatic heterocycles. The lowest BCUT2D eigenvalue weighted by molar-refractivity contribution is 0.122. The van der Waals surface area contributed by atoms with E-state index < -0.39 is 0 Å². The maximum Gasteiger partial charge on any atom is 0.227 e. The molecule has 138 valence electrons. The van der Waals surface area contributed by atoms with Gasteiger partial charge in [0, 0.05) is 44.1 Å². The van der Waals surface area contributed by atoms with Crippen LogP contribution in [0.15, 0.2) is 30.5 Å². The zero-order chi connectivity index (χ0) is 17.8. The Bertz CT molecular complexity index is 733. The first-order valence-corrected chi connectivity index (χ1v) is 9.39. The molecule has 4 heterocycles. The zero-order valence-electron chi connectivity index (χ0n) is 15.3. The second kappa shape index (κ2) is 7.86. The summed E-state index contributed by atoms with van der Waals surface area (Å²) in [5.41, 5.74) is 1.06. The maximum absolute atomic E-state index is 5.41. The van der Waals surface area contributed by atoms with Crippen molar-refractivity contribution in [2.75, 3.05) is 54.5 Å². The summed E-state index contributed by atoms with van der Waals surface area (Å²) < 4.78 is 5.41. The molecule has 1 atom stereocenters. The highest BCUT2D eigenvalue weighted by atomic mass is 16.5. The van der Waals surface area contributed by atoms with Gasteiger partial charge in [0.1, 0.15) is 11.6 Å². The minimum atomic E-state index is 0.360. The van der Waals surface area contributed by atoms with E-state index in [0.29, 0.717) is 6.04 Å². The largest absolute Gasteiger partial charge is 0.378 e. The fraction of sp³-hybridized carbons (Fsp3) is 0.526. The Balaban J connectivity index is 1.42. The molecule has 1 unspecified atom stereocenters. The molecule has 7 nitrogen and oxygen atoms in total. The summed E-state index contributed by atoms with van der Waals surface area (Å²) in [4.78, 5) is 18.3. The summed E-state index contributed by atoms with van der Waals surface area (Å²) in [5, 5.41) is 3.60. The number of hydrogen-bond donors (Lipinski definition) is 1. The van der Waals surface area contributed by atoms with Gasteiger partial charge in [-0.15, -0.1) is 0 Å². The monoisotopic (exact) mass is 354 g/mol. The van der Waals surface area contributed by atoms with Crippen molar-refractivity contribution in [1.29, 1.82) is 0 Å². The Morgan fingerprint density at radius 1 is 1.08 bits per heavy atom. The molecule has 2 saturated heterocycles. The minimum absolute atomic E-state index is 0.360. The van der Waals surface area contributed by atoms with Gasteiger partial charge in [-0.25, -0.2) is 9.97 Å². The summed E-state index contributed by atoms with van der Waals surface area (Å²) in [7, 11) is 0. The van der Waals surface area contributed by atoms with E-state index in [0.717, 1.165) is 75.5 Å². The van der Waals surface area contributed by atoms with Crippen molar-refractivity contribution >= 4 is 17.6 Å². The molecular formula is C19H26N6O. The molecule has 7 heteroatoms. The highest BCUT2D eigenvalue weighted by molar-refractivity contribution is 5.44. The molecule has 2 fully saturated rings. The molecule has 4 rings (SSSR count). The third kappa shape index (κ3) is 4.04. The molecular weight excluding hydrogens is 328 g/mol. The predicted molar refractivity (Wildman–Crippen MR) is 103 cm³/mol. The van der Waals surface area contributed by atoms with Crippen LogP contribution in [-0.2, 0) is 4.74 Å². The number of nitrogens with zero attached hydrogens (tertiary/aromatic N) is 5. The zero-order valence-corrected chi connectivity index (χ0v) is 15.3. The van der Waals surface area contributed by atoms with Crippen LogP contribution >= 0.6 is 0 Å². The van der Waals surface area contributed by atoms with Gasteiger partial charge in [0.25, 0.3) is 0 Å². The van der Waals surface area contributed by atoms with Gasteiger partial charge in [0.15, 0.2) is 0 Å². The van der Waals surface area contributed by atoms with Crippen molar-refractivity contribution in [3.8, 4) is 0 Å². The number of anilines is 3. The molecule has 1 N–H and O–H groups in total. The van der Waals surface area contributed by atoms with E-state index in [9.17, 15) is 0 Å². The number of rotatable bonds is 4. The van der Waals surface area contributed by atoms with Crippen LogP contribution in [0.1, 0.15) is 18.5 Å². The van der Waals surface area contributed by atoms with Crippen LogP contribution in [0.2, 0.25) is 0 Å². The van der Waals surface area contributed by atoms with Gasteiger partial charge >= 0.3 is 0 Å². The Hall–Kier alpha value is -2.41. The quantitative estimate of drug-likeness (QED) is 0.902. The molecule has 0 amide bonds. The van der Waals surface area contributed by atoms with Crippen LogP contribution in [0, 0.1) is 6.92 Å². The average molecular weight is 354 g/mol. The topological polar surface area (TPSA) is 66.4 Å². The van der Waals surface area contributed by atoms with Crippen molar-refractivity contribution in [2.45, 2.75) is 25.8 Å². The molecule has 2 aromatic rings. The van der Waals surface area contributed by atoms with Crippen molar-refractivity contribution in [1.82, 2.24) is 15.0 Å². The van der Waals surface area contributed by atoms with E-state index in [1.807, 2.05) is 25.3 Å². The Kier molecular flexibility index (Phi) is 5.15. The first-order chi connectivity index (χ1) is 12.8. The van der Waals surface area contributed by atoms with Gasteiger partial charge in [0.05, 0.1) is 13.2 Å². The first kappa shape index (κ1) is 17.0. The summed E-state index contributed by atoms with van der Waals surface area (Å²) in [5.74, 6) is 2.74. The summed E-state index contributed by atoms with van der Waals surface area (Å²) >= 11 is 0. The molecule has 0 aromatic carbocycles. The highest BCUT2D eigenvalue weighted by Crippen LogP contribution is 2.21. The number of aromatic nitrogens is 3. The molecule has 0 bridgehead atoms. The van der Waals surface area contributed by atoms with Gasteiger partial charge in [-0.2, -0.15) is 4.98 Å². The van der Waals surface area contributed by atoms with E-state index in [1.54, 1.807) is 0 Å². The number of ether oxygens (including phenoxy) is 1. The van der Waals surface area contributed by atoms with Crippen LogP contribution in [0.25, 0.3) is 0 Å². The highest BCUT2D eigenvalue weighted by Gasteiger charge is 2.22. The number of hydrogen-bond acceptors (Lipinski definition) is 7. The van der Waals surface area contributed by atoms with E-state index in [-0.39, 0.29) is 0 Å². The second-order valence-electron chi connectivity index (χ2n) is 6.91. The van der Waals surface area contributed by atoms with Crippen LogP contribution in [0.3, 0.4) is 0 Å². The smallest absolute Gasteiger partial charge is 0.227 e.